The molecule has 422 valence electrons. The average Bonchev–Trinajstić information content (AvgIpc) is 3.38. The molecule has 0 aliphatic rings. The van der Waals surface area contributed by atoms with Crippen molar-refractivity contribution < 1.29 is 28.6 Å². The van der Waals surface area contributed by atoms with Gasteiger partial charge in [-0.15, -0.1) is 0 Å². The Labute approximate surface area is 448 Å². The Kier molecular flexibility index (Phi) is 59.2. The van der Waals surface area contributed by atoms with Gasteiger partial charge in [0.2, 0.25) is 0 Å². The Morgan fingerprint density at radius 2 is 0.500 bits per heavy atom. The summed E-state index contributed by atoms with van der Waals surface area (Å²) in [6.45, 7) is 6.64. The summed E-state index contributed by atoms with van der Waals surface area (Å²) >= 11 is 0. The van der Waals surface area contributed by atoms with Crippen molar-refractivity contribution in [1.29, 1.82) is 0 Å². The number of esters is 3. The summed E-state index contributed by atoms with van der Waals surface area (Å²) < 4.78 is 16.9. The van der Waals surface area contributed by atoms with Crippen LogP contribution in [0.4, 0.5) is 0 Å². The molecule has 0 aromatic heterocycles. The second-order valence-electron chi connectivity index (χ2n) is 21.7. The van der Waals surface area contributed by atoms with Crippen LogP contribution in [0.15, 0.2) is 36.5 Å². The third-order valence-electron chi connectivity index (χ3n) is 14.4. The summed E-state index contributed by atoms with van der Waals surface area (Å²) in [4.78, 5) is 38.2. The van der Waals surface area contributed by atoms with Crippen LogP contribution >= 0.6 is 0 Å². The van der Waals surface area contributed by atoms with Crippen molar-refractivity contribution in [1.82, 2.24) is 0 Å². The summed E-state index contributed by atoms with van der Waals surface area (Å²) in [6, 6.07) is 0. The van der Waals surface area contributed by atoms with Gasteiger partial charge < -0.3 is 14.2 Å². The molecule has 0 bridgehead atoms. The number of unbranched alkanes of at least 4 members (excludes halogenated alkanes) is 42. The van der Waals surface area contributed by atoms with Gasteiger partial charge in [0, 0.05) is 19.3 Å². The molecule has 0 aromatic rings. The Balaban J connectivity index is 4.24. The molecule has 0 saturated heterocycles. The van der Waals surface area contributed by atoms with E-state index in [9.17, 15) is 14.4 Å². The standard InChI is InChI=1S/C66H122O6/c1-4-7-10-13-16-19-22-25-28-29-30-31-32-33-34-35-36-37-39-41-44-47-50-53-56-59-65(68)71-62-63(61-70-64(67)58-55-52-49-46-43-40-27-24-21-18-15-12-9-6-3)72-66(69)60-57-54-51-48-45-42-38-26-23-20-17-14-11-8-5-2/h17,20,24,26-27,38,63H,4-16,18-19,21-23,25,28-37,39-62H2,1-3H3/b20-17-,27-24-,38-26-. The van der Waals surface area contributed by atoms with Crippen LogP contribution in [0, 0.1) is 0 Å². The summed E-state index contributed by atoms with van der Waals surface area (Å²) in [7, 11) is 0. The van der Waals surface area contributed by atoms with Crippen molar-refractivity contribution in [3.63, 3.8) is 0 Å². The molecule has 1 unspecified atom stereocenters. The van der Waals surface area contributed by atoms with Gasteiger partial charge >= 0.3 is 17.9 Å². The second-order valence-corrected chi connectivity index (χ2v) is 21.7. The molecular formula is C66H122O6. The molecule has 0 saturated carbocycles. The molecule has 72 heavy (non-hydrogen) atoms. The molecule has 0 fully saturated rings. The number of hydrogen-bond donors (Lipinski definition) is 0. The minimum absolute atomic E-state index is 0.0766. The molecule has 1 atom stereocenters. The second kappa shape index (κ2) is 61.2. The molecule has 0 radical (unpaired) electrons. The van der Waals surface area contributed by atoms with Crippen LogP contribution in [-0.2, 0) is 28.6 Å². The predicted octanol–water partition coefficient (Wildman–Crippen LogP) is 21.6. The van der Waals surface area contributed by atoms with E-state index in [0.717, 1.165) is 89.9 Å². The van der Waals surface area contributed by atoms with Crippen LogP contribution in [0.3, 0.4) is 0 Å². The maximum absolute atomic E-state index is 12.9. The van der Waals surface area contributed by atoms with Crippen molar-refractivity contribution in [2.24, 2.45) is 0 Å². The fourth-order valence-corrected chi connectivity index (χ4v) is 9.53. The smallest absolute Gasteiger partial charge is 0.306 e. The van der Waals surface area contributed by atoms with E-state index in [1.54, 1.807) is 0 Å². The van der Waals surface area contributed by atoms with Crippen molar-refractivity contribution >= 4 is 17.9 Å². The van der Waals surface area contributed by atoms with Crippen LogP contribution in [0.5, 0.6) is 0 Å². The molecule has 0 N–H and O–H groups in total. The van der Waals surface area contributed by atoms with E-state index in [0.29, 0.717) is 19.3 Å². The van der Waals surface area contributed by atoms with E-state index in [-0.39, 0.29) is 31.1 Å². The number of allylic oxidation sites excluding steroid dienone is 6. The summed E-state index contributed by atoms with van der Waals surface area (Å²) in [6.07, 6.45) is 74.4. The Bertz CT molecular complexity index is 1210. The van der Waals surface area contributed by atoms with Crippen molar-refractivity contribution in [3.05, 3.63) is 36.5 Å². The molecule has 0 amide bonds. The fourth-order valence-electron chi connectivity index (χ4n) is 9.53. The number of carbonyl (C=O) groups is 3. The molecule has 0 aliphatic heterocycles. The molecule has 6 heteroatoms. The fraction of sp³-hybridized carbons (Fsp3) is 0.864. The maximum atomic E-state index is 12.9. The van der Waals surface area contributed by atoms with Crippen molar-refractivity contribution in [2.75, 3.05) is 13.2 Å². The minimum Gasteiger partial charge on any atom is -0.462 e. The van der Waals surface area contributed by atoms with E-state index in [1.807, 2.05) is 0 Å². The molecule has 0 spiro atoms. The van der Waals surface area contributed by atoms with Gasteiger partial charge in [0.25, 0.3) is 0 Å². The summed E-state index contributed by atoms with van der Waals surface area (Å²) in [5.41, 5.74) is 0. The van der Waals surface area contributed by atoms with Gasteiger partial charge in [-0.05, 0) is 77.0 Å². The Morgan fingerprint density at radius 3 is 0.806 bits per heavy atom. The lowest BCUT2D eigenvalue weighted by molar-refractivity contribution is -0.167. The molecule has 6 nitrogen and oxygen atoms in total. The number of ether oxygens (including phenoxy) is 3. The van der Waals surface area contributed by atoms with Crippen LogP contribution < -0.4 is 0 Å². The Morgan fingerprint density at radius 1 is 0.278 bits per heavy atom. The first kappa shape index (κ1) is 69.6. The first-order valence-corrected chi connectivity index (χ1v) is 32.0. The third-order valence-corrected chi connectivity index (χ3v) is 14.4. The van der Waals surface area contributed by atoms with Gasteiger partial charge in [-0.3, -0.25) is 14.4 Å². The number of hydrogen-bond acceptors (Lipinski definition) is 6. The third kappa shape index (κ3) is 58.5. The van der Waals surface area contributed by atoms with Gasteiger partial charge in [0.15, 0.2) is 6.10 Å². The van der Waals surface area contributed by atoms with E-state index in [4.69, 9.17) is 14.2 Å². The lowest BCUT2D eigenvalue weighted by Crippen LogP contribution is -2.30. The first-order valence-electron chi connectivity index (χ1n) is 32.0. The zero-order chi connectivity index (χ0) is 52.2. The van der Waals surface area contributed by atoms with Gasteiger partial charge in [0.05, 0.1) is 0 Å². The first-order chi connectivity index (χ1) is 35.5. The number of rotatable bonds is 59. The van der Waals surface area contributed by atoms with E-state index in [2.05, 4.69) is 57.2 Å². The lowest BCUT2D eigenvalue weighted by atomic mass is 10.0. The molecule has 0 heterocycles. The molecule has 0 aromatic carbocycles. The molecular weight excluding hydrogens is 889 g/mol. The lowest BCUT2D eigenvalue weighted by Gasteiger charge is -2.18. The minimum atomic E-state index is -0.781. The topological polar surface area (TPSA) is 78.9 Å². The zero-order valence-electron chi connectivity index (χ0n) is 48.5. The highest BCUT2D eigenvalue weighted by Crippen LogP contribution is 2.18. The molecule has 0 rings (SSSR count). The van der Waals surface area contributed by atoms with Gasteiger partial charge in [-0.1, -0.05) is 288 Å². The van der Waals surface area contributed by atoms with Crippen molar-refractivity contribution in [3.8, 4) is 0 Å². The van der Waals surface area contributed by atoms with Crippen LogP contribution in [0.2, 0.25) is 0 Å². The highest BCUT2D eigenvalue weighted by molar-refractivity contribution is 5.71. The summed E-state index contributed by atoms with van der Waals surface area (Å²) in [5.74, 6) is -0.878. The van der Waals surface area contributed by atoms with E-state index >= 15 is 0 Å². The SMILES string of the molecule is CCCCC/C=C\C/C=C\CCCCCCCC(=O)OC(COC(=O)CCCCCCC/C=C\CCCCCCC)COC(=O)CCCCCCCCCCCCCCCCCCCCCCCCCCC. The van der Waals surface area contributed by atoms with E-state index < -0.39 is 6.10 Å². The zero-order valence-corrected chi connectivity index (χ0v) is 48.5. The van der Waals surface area contributed by atoms with Gasteiger partial charge in [-0.2, -0.15) is 0 Å². The van der Waals surface area contributed by atoms with Crippen LogP contribution in [0.25, 0.3) is 0 Å². The number of carbonyl (C=O) groups excluding carboxylic acids is 3. The average molecular weight is 1010 g/mol. The normalized spacial score (nSPS) is 12.2. The van der Waals surface area contributed by atoms with Crippen LogP contribution in [0.1, 0.15) is 348 Å². The van der Waals surface area contributed by atoms with Crippen molar-refractivity contribution in [2.45, 2.75) is 354 Å². The predicted molar refractivity (Wildman–Crippen MR) is 312 cm³/mol. The molecule has 0 aliphatic carbocycles. The van der Waals surface area contributed by atoms with Crippen LogP contribution in [-0.4, -0.2) is 37.2 Å². The monoisotopic (exact) mass is 1010 g/mol. The quantitative estimate of drug-likeness (QED) is 0.0261. The summed E-state index contributed by atoms with van der Waals surface area (Å²) in [5, 5.41) is 0. The largest absolute Gasteiger partial charge is 0.462 e. The highest BCUT2D eigenvalue weighted by Gasteiger charge is 2.19. The van der Waals surface area contributed by atoms with Gasteiger partial charge in [-0.25, -0.2) is 0 Å². The van der Waals surface area contributed by atoms with E-state index in [1.165, 1.54) is 218 Å². The Hall–Kier alpha value is -2.37. The highest BCUT2D eigenvalue weighted by atomic mass is 16.6. The van der Waals surface area contributed by atoms with Gasteiger partial charge in [0.1, 0.15) is 13.2 Å². The maximum Gasteiger partial charge on any atom is 0.306 e.